The minimum Gasteiger partial charge on any atom is -0.348 e. The number of aryl methyl sites for hydroxylation is 1. The van der Waals surface area contributed by atoms with Crippen molar-refractivity contribution in [3.8, 4) is 0 Å². The van der Waals surface area contributed by atoms with Gasteiger partial charge in [0, 0.05) is 0 Å². The van der Waals surface area contributed by atoms with E-state index < -0.39 is 6.04 Å². The van der Waals surface area contributed by atoms with Crippen LogP contribution in [0.25, 0.3) is 0 Å². The maximum atomic E-state index is 11.9. The van der Waals surface area contributed by atoms with Gasteiger partial charge in [0.2, 0.25) is 5.91 Å². The van der Waals surface area contributed by atoms with Crippen LogP contribution in [0.3, 0.4) is 0 Å². The van der Waals surface area contributed by atoms with Gasteiger partial charge in [0.1, 0.15) is 0 Å². The molecular weight excluding hydrogens is 224 g/mol. The lowest BCUT2D eigenvalue weighted by atomic mass is 10.0. The summed E-state index contributed by atoms with van der Waals surface area (Å²) in [6.45, 7) is 8.17. The van der Waals surface area contributed by atoms with E-state index in [0.29, 0.717) is 12.3 Å². The van der Waals surface area contributed by atoms with Gasteiger partial charge in [-0.05, 0) is 37.3 Å². The average molecular weight is 248 g/mol. The van der Waals surface area contributed by atoms with Crippen LogP contribution in [0.1, 0.15) is 44.4 Å². The zero-order valence-electron chi connectivity index (χ0n) is 11.7. The number of carbonyl (C=O) groups excluding carboxylic acids is 1. The molecule has 0 aromatic heterocycles. The summed E-state index contributed by atoms with van der Waals surface area (Å²) in [6, 6.07) is 7.64. The fourth-order valence-electron chi connectivity index (χ4n) is 2.09. The van der Waals surface area contributed by atoms with Gasteiger partial charge in [-0.25, -0.2) is 0 Å². The van der Waals surface area contributed by atoms with Crippen molar-refractivity contribution in [3.63, 3.8) is 0 Å². The normalized spacial score (nSPS) is 14.3. The quantitative estimate of drug-likeness (QED) is 0.841. The molecule has 3 nitrogen and oxygen atoms in total. The van der Waals surface area contributed by atoms with Crippen molar-refractivity contribution >= 4 is 5.91 Å². The lowest BCUT2D eigenvalue weighted by molar-refractivity contribution is -0.123. The lowest BCUT2D eigenvalue weighted by Crippen LogP contribution is -2.42. The number of hydrogen-bond acceptors (Lipinski definition) is 2. The van der Waals surface area contributed by atoms with Crippen molar-refractivity contribution < 1.29 is 4.79 Å². The summed E-state index contributed by atoms with van der Waals surface area (Å²) in [4.78, 5) is 11.9. The third-order valence-corrected chi connectivity index (χ3v) is 3.08. The molecule has 0 bridgehead atoms. The second kappa shape index (κ2) is 6.55. The van der Waals surface area contributed by atoms with Crippen molar-refractivity contribution in [2.45, 2.75) is 46.2 Å². The summed E-state index contributed by atoms with van der Waals surface area (Å²) in [7, 11) is 0. The molecular formula is C15H24N2O. The third kappa shape index (κ3) is 4.15. The predicted octanol–water partition coefficient (Wildman–Crippen LogP) is 2.55. The molecule has 0 aliphatic rings. The molecule has 0 heterocycles. The fourth-order valence-corrected chi connectivity index (χ4v) is 2.09. The van der Waals surface area contributed by atoms with Crippen molar-refractivity contribution in [1.29, 1.82) is 0 Å². The molecule has 1 aromatic rings. The van der Waals surface area contributed by atoms with Gasteiger partial charge >= 0.3 is 0 Å². The van der Waals surface area contributed by atoms with E-state index in [-0.39, 0.29) is 11.9 Å². The van der Waals surface area contributed by atoms with E-state index in [1.165, 1.54) is 5.56 Å². The van der Waals surface area contributed by atoms with Crippen LogP contribution < -0.4 is 11.1 Å². The van der Waals surface area contributed by atoms with E-state index in [9.17, 15) is 4.79 Å². The highest BCUT2D eigenvalue weighted by molar-refractivity contribution is 5.81. The molecule has 3 N–H and O–H groups in total. The first-order chi connectivity index (χ1) is 8.41. The summed E-state index contributed by atoms with van der Waals surface area (Å²) in [5, 5.41) is 2.98. The second-order valence-electron chi connectivity index (χ2n) is 5.32. The standard InChI is InChI=1S/C15H24N2O/c1-10(2)9-14(16)15(18)17-12(4)13-8-6-5-7-11(13)3/h5-8,10,12,14H,9,16H2,1-4H3,(H,17,18)/t12-,14?/m1/s1. The van der Waals surface area contributed by atoms with Gasteiger partial charge < -0.3 is 11.1 Å². The SMILES string of the molecule is Cc1ccccc1[C@@H](C)NC(=O)C(N)CC(C)C. The Hall–Kier alpha value is -1.35. The van der Waals surface area contributed by atoms with Crippen LogP contribution in [0.2, 0.25) is 0 Å². The van der Waals surface area contributed by atoms with Gasteiger partial charge in [0.25, 0.3) is 0 Å². The maximum Gasteiger partial charge on any atom is 0.237 e. The molecule has 1 unspecified atom stereocenters. The van der Waals surface area contributed by atoms with Crippen LogP contribution in [0.4, 0.5) is 0 Å². The predicted molar refractivity (Wildman–Crippen MR) is 75.2 cm³/mol. The molecule has 0 spiro atoms. The van der Waals surface area contributed by atoms with Crippen LogP contribution in [0.15, 0.2) is 24.3 Å². The molecule has 0 aliphatic carbocycles. The van der Waals surface area contributed by atoms with Gasteiger partial charge in [-0.3, -0.25) is 4.79 Å². The Labute approximate surface area is 110 Å². The number of benzene rings is 1. The first-order valence-corrected chi connectivity index (χ1v) is 6.53. The van der Waals surface area contributed by atoms with E-state index in [1.54, 1.807) is 0 Å². The maximum absolute atomic E-state index is 11.9. The molecule has 1 amide bonds. The van der Waals surface area contributed by atoms with E-state index in [1.807, 2.05) is 38.1 Å². The Morgan fingerprint density at radius 2 is 1.89 bits per heavy atom. The number of hydrogen-bond donors (Lipinski definition) is 2. The first kappa shape index (κ1) is 14.7. The van der Waals surface area contributed by atoms with Gasteiger partial charge in [-0.1, -0.05) is 38.1 Å². The molecule has 0 radical (unpaired) electrons. The molecule has 18 heavy (non-hydrogen) atoms. The molecule has 2 atom stereocenters. The van der Waals surface area contributed by atoms with Gasteiger partial charge in [-0.2, -0.15) is 0 Å². The van der Waals surface area contributed by atoms with Crippen LogP contribution in [0.5, 0.6) is 0 Å². The smallest absolute Gasteiger partial charge is 0.237 e. The summed E-state index contributed by atoms with van der Waals surface area (Å²) < 4.78 is 0. The first-order valence-electron chi connectivity index (χ1n) is 6.53. The molecule has 0 fully saturated rings. The van der Waals surface area contributed by atoms with Crippen molar-refractivity contribution in [2.75, 3.05) is 0 Å². The Morgan fingerprint density at radius 1 is 1.28 bits per heavy atom. The van der Waals surface area contributed by atoms with E-state index in [0.717, 1.165) is 5.56 Å². The largest absolute Gasteiger partial charge is 0.348 e. The Morgan fingerprint density at radius 3 is 2.44 bits per heavy atom. The Balaban J connectivity index is 2.62. The average Bonchev–Trinajstić information content (AvgIpc) is 2.28. The van der Waals surface area contributed by atoms with E-state index >= 15 is 0 Å². The molecule has 1 aromatic carbocycles. The van der Waals surface area contributed by atoms with Crippen LogP contribution in [-0.4, -0.2) is 11.9 Å². The number of carbonyl (C=O) groups is 1. The summed E-state index contributed by atoms with van der Waals surface area (Å²) >= 11 is 0. The monoisotopic (exact) mass is 248 g/mol. The van der Waals surface area contributed by atoms with Crippen LogP contribution in [0, 0.1) is 12.8 Å². The van der Waals surface area contributed by atoms with Gasteiger partial charge in [0.15, 0.2) is 0 Å². The molecule has 3 heteroatoms. The van der Waals surface area contributed by atoms with Crippen molar-refractivity contribution in [1.82, 2.24) is 5.32 Å². The van der Waals surface area contributed by atoms with Crippen molar-refractivity contribution in [2.24, 2.45) is 11.7 Å². The topological polar surface area (TPSA) is 55.1 Å². The van der Waals surface area contributed by atoms with Crippen LogP contribution >= 0.6 is 0 Å². The highest BCUT2D eigenvalue weighted by Gasteiger charge is 2.18. The van der Waals surface area contributed by atoms with Gasteiger partial charge in [-0.15, -0.1) is 0 Å². The van der Waals surface area contributed by atoms with E-state index in [2.05, 4.69) is 19.2 Å². The summed E-state index contributed by atoms with van der Waals surface area (Å²) in [5.41, 5.74) is 8.19. The van der Waals surface area contributed by atoms with Gasteiger partial charge in [0.05, 0.1) is 12.1 Å². The van der Waals surface area contributed by atoms with E-state index in [4.69, 9.17) is 5.73 Å². The number of rotatable bonds is 5. The minimum absolute atomic E-state index is 0.00286. The highest BCUT2D eigenvalue weighted by atomic mass is 16.2. The molecule has 0 saturated carbocycles. The third-order valence-electron chi connectivity index (χ3n) is 3.08. The zero-order valence-corrected chi connectivity index (χ0v) is 11.7. The number of nitrogens with two attached hydrogens (primary N) is 1. The van der Waals surface area contributed by atoms with Crippen molar-refractivity contribution in [3.05, 3.63) is 35.4 Å². The zero-order chi connectivity index (χ0) is 13.7. The van der Waals surface area contributed by atoms with Crippen LogP contribution in [-0.2, 0) is 4.79 Å². The number of amides is 1. The Bertz CT molecular complexity index is 401. The molecule has 100 valence electrons. The minimum atomic E-state index is -0.420. The summed E-state index contributed by atoms with van der Waals surface area (Å²) in [5.74, 6) is 0.360. The highest BCUT2D eigenvalue weighted by Crippen LogP contribution is 2.16. The number of nitrogens with one attached hydrogen (secondary N) is 1. The second-order valence-corrected chi connectivity index (χ2v) is 5.32. The fraction of sp³-hybridized carbons (Fsp3) is 0.533. The summed E-state index contributed by atoms with van der Waals surface area (Å²) in [6.07, 6.45) is 0.715. The molecule has 0 saturated heterocycles. The molecule has 1 rings (SSSR count). The molecule has 0 aliphatic heterocycles. The lowest BCUT2D eigenvalue weighted by Gasteiger charge is -2.20. The Kier molecular flexibility index (Phi) is 5.35.